The Morgan fingerprint density at radius 2 is 1.86 bits per heavy atom. The van der Waals surface area contributed by atoms with Gasteiger partial charge in [0, 0.05) is 29.0 Å². The first-order valence-electron chi connectivity index (χ1n) is 6.03. The molecule has 7 nitrogen and oxygen atoms in total. The predicted octanol–water partition coefficient (Wildman–Crippen LogP) is -0.376. The molecule has 2 unspecified atom stereocenters. The van der Waals surface area contributed by atoms with Gasteiger partial charge in [0.25, 0.3) is 0 Å². The summed E-state index contributed by atoms with van der Waals surface area (Å²) < 4.78 is 11.9. The molecule has 114 valence electrons. The Hall–Kier alpha value is -2.22. The number of carboxylic acids is 1. The number of benzene rings is 1. The van der Waals surface area contributed by atoms with Crippen LogP contribution in [0.3, 0.4) is 0 Å². The lowest BCUT2D eigenvalue weighted by Crippen LogP contribution is -2.43. The minimum absolute atomic E-state index is 0.127. The summed E-state index contributed by atoms with van der Waals surface area (Å²) in [6.07, 6.45) is 0. The van der Waals surface area contributed by atoms with Crippen molar-refractivity contribution in [1.82, 2.24) is 5.32 Å². The number of nitrogens with two attached hydrogens (primary N) is 1. The number of carbonyl (C=O) groups excluding carboxylic acids is 2. The molecule has 8 heteroatoms. The molecule has 4 N–H and O–H groups in total. The standard InChI is InChI=1S/C13H16N2O5S/c1-8(16)15-11(13(18)19)7-21(20)6-9-2-4-10(5-3-9)12(14)17/h2-5,11H,6-7H2,1H3,(H2,14,17)(H,15,16)(H,18,19). The second kappa shape index (κ2) is 7.53. The number of hydrogen-bond acceptors (Lipinski definition) is 4. The lowest BCUT2D eigenvalue weighted by Gasteiger charge is -2.12. The van der Waals surface area contributed by atoms with Crippen molar-refractivity contribution in [2.45, 2.75) is 18.7 Å². The van der Waals surface area contributed by atoms with Crippen molar-refractivity contribution in [2.24, 2.45) is 5.73 Å². The summed E-state index contributed by atoms with van der Waals surface area (Å²) in [6.45, 7) is 1.20. The largest absolute Gasteiger partial charge is 0.480 e. The van der Waals surface area contributed by atoms with Crippen LogP contribution in [-0.4, -0.2) is 38.9 Å². The van der Waals surface area contributed by atoms with E-state index in [1.807, 2.05) is 0 Å². The van der Waals surface area contributed by atoms with Crippen molar-refractivity contribution < 1.29 is 23.7 Å². The highest BCUT2D eigenvalue weighted by molar-refractivity contribution is 7.84. The number of hydrogen-bond donors (Lipinski definition) is 3. The van der Waals surface area contributed by atoms with Crippen molar-refractivity contribution in [3.8, 4) is 0 Å². The summed E-state index contributed by atoms with van der Waals surface area (Å²) in [5, 5.41) is 11.2. The maximum Gasteiger partial charge on any atom is 0.327 e. The van der Waals surface area contributed by atoms with Crippen LogP contribution in [0.5, 0.6) is 0 Å². The SMILES string of the molecule is CC(=O)NC(CS(=O)Cc1ccc(C(N)=O)cc1)C(=O)O. The molecule has 1 aromatic carbocycles. The number of carboxylic acid groups (broad SMARTS) is 1. The van der Waals surface area contributed by atoms with E-state index in [1.54, 1.807) is 12.1 Å². The molecule has 0 bridgehead atoms. The Morgan fingerprint density at radius 1 is 1.29 bits per heavy atom. The Morgan fingerprint density at radius 3 is 2.29 bits per heavy atom. The first-order chi connectivity index (χ1) is 9.79. The molecule has 0 heterocycles. The quantitative estimate of drug-likeness (QED) is 0.633. The molecule has 0 saturated carbocycles. The normalized spacial score (nSPS) is 13.2. The van der Waals surface area contributed by atoms with Gasteiger partial charge in [0.15, 0.2) is 0 Å². The molecular formula is C13H16N2O5S. The number of nitrogens with one attached hydrogen (secondary N) is 1. The predicted molar refractivity (Wildman–Crippen MR) is 76.9 cm³/mol. The van der Waals surface area contributed by atoms with Gasteiger partial charge in [0.2, 0.25) is 11.8 Å². The third-order valence-corrected chi connectivity index (χ3v) is 3.95. The summed E-state index contributed by atoms with van der Waals surface area (Å²) in [4.78, 5) is 32.7. The monoisotopic (exact) mass is 312 g/mol. The second-order valence-corrected chi connectivity index (χ2v) is 5.91. The third-order valence-electron chi connectivity index (χ3n) is 2.59. The van der Waals surface area contributed by atoms with Gasteiger partial charge in [-0.1, -0.05) is 12.1 Å². The minimum atomic E-state index is -1.47. The van der Waals surface area contributed by atoms with Crippen molar-refractivity contribution >= 4 is 28.6 Å². The number of amides is 2. The second-order valence-electron chi connectivity index (χ2n) is 4.40. The van der Waals surface area contributed by atoms with Crippen LogP contribution in [-0.2, 0) is 26.1 Å². The highest BCUT2D eigenvalue weighted by Crippen LogP contribution is 2.07. The van der Waals surface area contributed by atoms with Crippen LogP contribution in [0, 0.1) is 0 Å². The van der Waals surface area contributed by atoms with Gasteiger partial charge in [-0.2, -0.15) is 0 Å². The van der Waals surface area contributed by atoms with Crippen molar-refractivity contribution in [1.29, 1.82) is 0 Å². The van der Waals surface area contributed by atoms with Crippen LogP contribution in [0.25, 0.3) is 0 Å². The van der Waals surface area contributed by atoms with E-state index in [-0.39, 0.29) is 11.5 Å². The fourth-order valence-corrected chi connectivity index (χ4v) is 2.90. The van der Waals surface area contributed by atoms with Gasteiger partial charge in [0.05, 0.1) is 5.75 Å². The average Bonchev–Trinajstić information content (AvgIpc) is 2.37. The first-order valence-corrected chi connectivity index (χ1v) is 7.52. The number of aliphatic carboxylic acids is 1. The lowest BCUT2D eigenvalue weighted by atomic mass is 10.1. The smallest absolute Gasteiger partial charge is 0.327 e. The van der Waals surface area contributed by atoms with E-state index >= 15 is 0 Å². The summed E-state index contributed by atoms with van der Waals surface area (Å²) >= 11 is 0. The van der Waals surface area contributed by atoms with Crippen molar-refractivity contribution in [3.05, 3.63) is 35.4 Å². The van der Waals surface area contributed by atoms with E-state index in [1.165, 1.54) is 19.1 Å². The Balaban J connectivity index is 2.65. The summed E-state index contributed by atoms with van der Waals surface area (Å²) in [6, 6.07) is 5.04. The molecule has 1 aromatic rings. The van der Waals surface area contributed by atoms with Crippen LogP contribution < -0.4 is 11.1 Å². The topological polar surface area (TPSA) is 127 Å². The first kappa shape index (κ1) is 16.8. The van der Waals surface area contributed by atoms with E-state index in [9.17, 15) is 18.6 Å². The molecule has 0 saturated heterocycles. The van der Waals surface area contributed by atoms with E-state index in [0.717, 1.165) is 0 Å². The van der Waals surface area contributed by atoms with Crippen LogP contribution >= 0.6 is 0 Å². The molecule has 0 aromatic heterocycles. The summed E-state index contributed by atoms with van der Waals surface area (Å²) in [7, 11) is -1.47. The van der Waals surface area contributed by atoms with E-state index in [2.05, 4.69) is 5.32 Å². The van der Waals surface area contributed by atoms with Crippen LogP contribution in [0.1, 0.15) is 22.8 Å². The Kier molecular flexibility index (Phi) is 6.04. The molecule has 0 radical (unpaired) electrons. The fraction of sp³-hybridized carbons (Fsp3) is 0.308. The fourth-order valence-electron chi connectivity index (χ4n) is 1.62. The highest BCUT2D eigenvalue weighted by atomic mass is 32.2. The molecule has 2 amide bonds. The highest BCUT2D eigenvalue weighted by Gasteiger charge is 2.21. The van der Waals surface area contributed by atoms with E-state index < -0.39 is 34.6 Å². The number of carbonyl (C=O) groups is 3. The zero-order chi connectivity index (χ0) is 16.0. The maximum absolute atomic E-state index is 11.9. The molecule has 1 rings (SSSR count). The van der Waals surface area contributed by atoms with Crippen LogP contribution in [0.2, 0.25) is 0 Å². The van der Waals surface area contributed by atoms with E-state index in [4.69, 9.17) is 10.8 Å². The maximum atomic E-state index is 11.9. The van der Waals surface area contributed by atoms with Gasteiger partial charge in [0.1, 0.15) is 6.04 Å². The molecule has 0 fully saturated rings. The van der Waals surface area contributed by atoms with Gasteiger partial charge in [-0.3, -0.25) is 13.8 Å². The van der Waals surface area contributed by atoms with Crippen molar-refractivity contribution in [2.75, 3.05) is 5.75 Å². The molecule has 0 aliphatic heterocycles. The number of rotatable bonds is 7. The van der Waals surface area contributed by atoms with Gasteiger partial charge in [-0.05, 0) is 17.7 Å². The van der Waals surface area contributed by atoms with Gasteiger partial charge in [-0.25, -0.2) is 4.79 Å². The van der Waals surface area contributed by atoms with Crippen molar-refractivity contribution in [3.63, 3.8) is 0 Å². The molecule has 0 aliphatic rings. The number of primary amides is 1. The third kappa shape index (κ3) is 5.74. The van der Waals surface area contributed by atoms with Gasteiger partial charge in [-0.15, -0.1) is 0 Å². The Labute approximate surface area is 124 Å². The molecule has 2 atom stereocenters. The van der Waals surface area contributed by atoms with Gasteiger partial charge >= 0.3 is 5.97 Å². The zero-order valence-corrected chi connectivity index (χ0v) is 12.2. The summed E-state index contributed by atoms with van der Waals surface area (Å²) in [5.41, 5.74) is 6.13. The minimum Gasteiger partial charge on any atom is -0.480 e. The summed E-state index contributed by atoms with van der Waals surface area (Å²) in [5.74, 6) is -2.35. The average molecular weight is 312 g/mol. The molecule has 21 heavy (non-hydrogen) atoms. The lowest BCUT2D eigenvalue weighted by molar-refractivity contribution is -0.140. The zero-order valence-electron chi connectivity index (χ0n) is 11.4. The Bertz CT molecular complexity index is 570. The van der Waals surface area contributed by atoms with Crippen LogP contribution in [0.4, 0.5) is 0 Å². The molecule has 0 spiro atoms. The van der Waals surface area contributed by atoms with Crippen LogP contribution in [0.15, 0.2) is 24.3 Å². The molecule has 0 aliphatic carbocycles. The molecular weight excluding hydrogens is 296 g/mol. The van der Waals surface area contributed by atoms with Gasteiger partial charge < -0.3 is 16.2 Å². The van der Waals surface area contributed by atoms with E-state index in [0.29, 0.717) is 11.1 Å².